The summed E-state index contributed by atoms with van der Waals surface area (Å²) in [6.07, 6.45) is 1.66. The monoisotopic (exact) mass is 190 g/mol. The SMILES string of the molecule is C=Cc1ccc(S(=O)[O-])cc1.[Na+]. The van der Waals surface area contributed by atoms with Gasteiger partial charge in [0.2, 0.25) is 0 Å². The second-order valence-electron chi connectivity index (χ2n) is 2.01. The fraction of sp³-hybridized carbons (Fsp3) is 0. The number of hydrogen-bond donors (Lipinski definition) is 0. The summed E-state index contributed by atoms with van der Waals surface area (Å²) in [5.74, 6) is 0. The van der Waals surface area contributed by atoms with Crippen molar-refractivity contribution in [3.63, 3.8) is 0 Å². The number of rotatable bonds is 2. The summed E-state index contributed by atoms with van der Waals surface area (Å²) in [6.45, 7) is 3.55. The first-order chi connectivity index (χ1) is 5.24. The molecule has 0 aliphatic carbocycles. The molecule has 12 heavy (non-hydrogen) atoms. The van der Waals surface area contributed by atoms with Crippen LogP contribution in [-0.4, -0.2) is 8.76 Å². The molecule has 0 spiro atoms. The van der Waals surface area contributed by atoms with Crippen LogP contribution in [-0.2, 0) is 11.1 Å². The summed E-state index contributed by atoms with van der Waals surface area (Å²) in [4.78, 5) is 0.301. The van der Waals surface area contributed by atoms with Crippen molar-refractivity contribution in [1.29, 1.82) is 0 Å². The average molecular weight is 190 g/mol. The normalized spacial score (nSPS) is 11.4. The van der Waals surface area contributed by atoms with Crippen LogP contribution in [0.15, 0.2) is 35.7 Å². The van der Waals surface area contributed by atoms with E-state index in [0.717, 1.165) is 5.56 Å². The van der Waals surface area contributed by atoms with Gasteiger partial charge in [0.1, 0.15) is 0 Å². The molecule has 58 valence electrons. The molecule has 0 aliphatic heterocycles. The standard InChI is InChI=1S/C8H8O2S.Na/c1-2-7-3-5-8(6-4-7)11(9)10;/h2-6H,1H2,(H,9,10);/q;+1/p-1. The molecule has 1 aromatic carbocycles. The maximum atomic E-state index is 10.4. The minimum absolute atomic E-state index is 0. The second-order valence-corrected chi connectivity index (χ2v) is 2.95. The van der Waals surface area contributed by atoms with Crippen molar-refractivity contribution in [1.82, 2.24) is 0 Å². The first-order valence-corrected chi connectivity index (χ1v) is 4.13. The van der Waals surface area contributed by atoms with Gasteiger partial charge in [0.05, 0.1) is 0 Å². The summed E-state index contributed by atoms with van der Waals surface area (Å²) in [6, 6.07) is 6.50. The summed E-state index contributed by atoms with van der Waals surface area (Å²) in [5, 5.41) is 0. The van der Waals surface area contributed by atoms with E-state index in [-0.39, 0.29) is 29.6 Å². The van der Waals surface area contributed by atoms with Crippen LogP contribution < -0.4 is 29.6 Å². The van der Waals surface area contributed by atoms with E-state index in [4.69, 9.17) is 0 Å². The van der Waals surface area contributed by atoms with Crippen molar-refractivity contribution in [3.05, 3.63) is 36.4 Å². The Bertz CT molecular complexity index is 282. The van der Waals surface area contributed by atoms with Gasteiger partial charge in [-0.05, 0) is 28.8 Å². The van der Waals surface area contributed by atoms with Gasteiger partial charge in [-0.2, -0.15) is 0 Å². The molecule has 4 heteroatoms. The summed E-state index contributed by atoms with van der Waals surface area (Å²) in [5.41, 5.74) is 0.916. The zero-order valence-electron chi connectivity index (χ0n) is 6.82. The molecule has 0 aliphatic rings. The maximum Gasteiger partial charge on any atom is 1.00 e. The van der Waals surface area contributed by atoms with Crippen LogP contribution in [0, 0.1) is 0 Å². The Morgan fingerprint density at radius 2 is 1.83 bits per heavy atom. The number of benzene rings is 1. The molecule has 0 aromatic heterocycles. The molecule has 0 fully saturated rings. The van der Waals surface area contributed by atoms with Crippen molar-refractivity contribution in [2.75, 3.05) is 0 Å². The van der Waals surface area contributed by atoms with Crippen molar-refractivity contribution in [2.24, 2.45) is 0 Å². The van der Waals surface area contributed by atoms with Gasteiger partial charge in [-0.15, -0.1) is 0 Å². The van der Waals surface area contributed by atoms with Crippen LogP contribution >= 0.6 is 0 Å². The predicted molar refractivity (Wildman–Crippen MR) is 43.7 cm³/mol. The maximum absolute atomic E-state index is 10.4. The fourth-order valence-corrected chi connectivity index (χ4v) is 1.07. The van der Waals surface area contributed by atoms with Crippen LogP contribution in [0.25, 0.3) is 6.08 Å². The Hall–Kier alpha value is 0.0700. The van der Waals surface area contributed by atoms with E-state index in [1.165, 1.54) is 0 Å². The van der Waals surface area contributed by atoms with Crippen LogP contribution in [0.4, 0.5) is 0 Å². The third-order valence-electron chi connectivity index (χ3n) is 1.31. The van der Waals surface area contributed by atoms with Crippen molar-refractivity contribution in [2.45, 2.75) is 4.90 Å². The molecule has 0 saturated carbocycles. The largest absolute Gasteiger partial charge is 1.00 e. The average Bonchev–Trinajstić information content (AvgIpc) is 2.05. The second kappa shape index (κ2) is 5.67. The van der Waals surface area contributed by atoms with Gasteiger partial charge in [0, 0.05) is 4.90 Å². The van der Waals surface area contributed by atoms with E-state index < -0.39 is 11.1 Å². The Morgan fingerprint density at radius 3 is 2.17 bits per heavy atom. The van der Waals surface area contributed by atoms with Crippen molar-refractivity contribution in [3.8, 4) is 0 Å². The van der Waals surface area contributed by atoms with Crippen molar-refractivity contribution >= 4 is 17.2 Å². The van der Waals surface area contributed by atoms with Gasteiger partial charge in [-0.3, -0.25) is 4.21 Å². The Morgan fingerprint density at radius 1 is 1.33 bits per heavy atom. The molecule has 0 saturated heterocycles. The zero-order chi connectivity index (χ0) is 8.27. The molecule has 1 atom stereocenters. The fourth-order valence-electron chi connectivity index (χ4n) is 0.715. The van der Waals surface area contributed by atoms with Gasteiger partial charge in [-0.25, -0.2) is 0 Å². The van der Waals surface area contributed by atoms with Gasteiger partial charge in [0.25, 0.3) is 0 Å². The Labute approximate surface area is 96.3 Å². The quantitative estimate of drug-likeness (QED) is 0.424. The summed E-state index contributed by atoms with van der Waals surface area (Å²) in [7, 11) is 0. The van der Waals surface area contributed by atoms with E-state index >= 15 is 0 Å². The molecular formula is C8H7NaO2S. The molecule has 1 rings (SSSR count). The molecule has 2 nitrogen and oxygen atoms in total. The van der Waals surface area contributed by atoms with E-state index in [0.29, 0.717) is 4.90 Å². The molecule has 0 N–H and O–H groups in total. The summed E-state index contributed by atoms with van der Waals surface area (Å²) < 4.78 is 20.7. The minimum Gasteiger partial charge on any atom is -0.768 e. The molecule has 0 radical (unpaired) electrons. The molecule has 0 bridgehead atoms. The van der Waals surface area contributed by atoms with E-state index in [2.05, 4.69) is 6.58 Å². The molecule has 1 unspecified atom stereocenters. The topological polar surface area (TPSA) is 40.1 Å². The molecule has 0 heterocycles. The number of hydrogen-bond acceptors (Lipinski definition) is 2. The van der Waals surface area contributed by atoms with E-state index in [1.54, 1.807) is 30.3 Å². The van der Waals surface area contributed by atoms with E-state index in [9.17, 15) is 8.76 Å². The zero-order valence-corrected chi connectivity index (χ0v) is 9.64. The first kappa shape index (κ1) is 12.1. The van der Waals surface area contributed by atoms with Crippen LogP contribution in [0.3, 0.4) is 0 Å². The van der Waals surface area contributed by atoms with Crippen LogP contribution in [0.1, 0.15) is 5.56 Å². The van der Waals surface area contributed by atoms with E-state index in [1.807, 2.05) is 0 Å². The minimum atomic E-state index is -2.12. The van der Waals surface area contributed by atoms with Crippen LogP contribution in [0.5, 0.6) is 0 Å². The summed E-state index contributed by atoms with van der Waals surface area (Å²) >= 11 is -2.12. The Kier molecular flexibility index (Phi) is 5.70. The predicted octanol–water partition coefficient (Wildman–Crippen LogP) is -1.43. The first-order valence-electron chi connectivity index (χ1n) is 3.06. The van der Waals surface area contributed by atoms with Gasteiger partial charge < -0.3 is 4.55 Å². The molecule has 0 amide bonds. The van der Waals surface area contributed by atoms with Gasteiger partial charge in [-0.1, -0.05) is 24.8 Å². The van der Waals surface area contributed by atoms with Gasteiger partial charge >= 0.3 is 29.6 Å². The van der Waals surface area contributed by atoms with Gasteiger partial charge in [0.15, 0.2) is 0 Å². The Balaban J connectivity index is 0.00000121. The van der Waals surface area contributed by atoms with Crippen LogP contribution in [0.2, 0.25) is 0 Å². The third-order valence-corrected chi connectivity index (χ3v) is 1.97. The molecule has 1 aromatic rings. The van der Waals surface area contributed by atoms with Crippen molar-refractivity contribution < 1.29 is 38.3 Å². The smallest absolute Gasteiger partial charge is 0.768 e. The third kappa shape index (κ3) is 3.21. The molecular weight excluding hydrogens is 183 g/mol.